The van der Waals surface area contributed by atoms with Gasteiger partial charge in [0.05, 0.1) is 5.92 Å². The Labute approximate surface area is 173 Å². The third-order valence-corrected chi connectivity index (χ3v) is 6.35. The number of nitrogens with zero attached hydrogens (tertiary/aromatic N) is 3. The zero-order chi connectivity index (χ0) is 20.4. The predicted octanol–water partition coefficient (Wildman–Crippen LogP) is 2.68. The number of hydrogen-bond acceptors (Lipinski definition) is 5. The van der Waals surface area contributed by atoms with Gasteiger partial charge < -0.3 is 15.1 Å². The van der Waals surface area contributed by atoms with Gasteiger partial charge in [-0.05, 0) is 31.9 Å². The van der Waals surface area contributed by atoms with Crippen LogP contribution in [-0.4, -0.2) is 47.2 Å². The molecule has 1 atom stereocenters. The smallest absolute Gasteiger partial charge is 0.229 e. The Bertz CT molecular complexity index is 889. The maximum Gasteiger partial charge on any atom is 0.229 e. The van der Waals surface area contributed by atoms with Crippen molar-refractivity contribution >= 4 is 39.9 Å². The number of carbonyl (C=O) groups is 3. The third kappa shape index (κ3) is 4.32. The minimum atomic E-state index is -0.315. The van der Waals surface area contributed by atoms with Crippen LogP contribution in [0.3, 0.4) is 0 Å². The van der Waals surface area contributed by atoms with Crippen molar-refractivity contribution in [2.45, 2.75) is 26.2 Å². The fraction of sp³-hybridized carbons (Fsp3) is 0.429. The summed E-state index contributed by atoms with van der Waals surface area (Å²) in [5.74, 6) is -0.452. The number of aromatic nitrogens is 1. The number of anilines is 2. The second kappa shape index (κ2) is 8.32. The van der Waals surface area contributed by atoms with Gasteiger partial charge >= 0.3 is 0 Å². The molecule has 0 saturated carbocycles. The van der Waals surface area contributed by atoms with E-state index in [1.165, 1.54) is 11.3 Å². The van der Waals surface area contributed by atoms with E-state index in [9.17, 15) is 14.4 Å². The number of hydrogen-bond donors (Lipinski definition) is 1. The van der Waals surface area contributed by atoms with Gasteiger partial charge in [0.2, 0.25) is 17.7 Å². The predicted molar refractivity (Wildman–Crippen MR) is 112 cm³/mol. The summed E-state index contributed by atoms with van der Waals surface area (Å²) >= 11 is 1.39. The lowest BCUT2D eigenvalue weighted by Gasteiger charge is -2.32. The molecule has 2 aliphatic rings. The van der Waals surface area contributed by atoms with Crippen molar-refractivity contribution in [2.75, 3.05) is 29.9 Å². The summed E-state index contributed by atoms with van der Waals surface area (Å²) in [6.45, 7) is 3.52. The summed E-state index contributed by atoms with van der Waals surface area (Å²) < 4.78 is 0. The molecule has 0 spiro atoms. The number of nitrogens with one attached hydrogen (secondary N) is 1. The number of likely N-dealkylation sites (tertiary alicyclic amines) is 1. The van der Waals surface area contributed by atoms with Gasteiger partial charge in [-0.2, -0.15) is 0 Å². The Morgan fingerprint density at radius 3 is 2.52 bits per heavy atom. The van der Waals surface area contributed by atoms with Crippen molar-refractivity contribution in [1.82, 2.24) is 9.88 Å². The highest BCUT2D eigenvalue weighted by Crippen LogP contribution is 2.28. The summed E-state index contributed by atoms with van der Waals surface area (Å²) in [5, 5.41) is 5.26. The SMILES string of the molecule is Cc1ccc(N2CC(C(=O)N3CCC(C(=O)Nc4nccs4)CC3)CC2=O)cc1. The van der Waals surface area contributed by atoms with E-state index in [4.69, 9.17) is 0 Å². The van der Waals surface area contributed by atoms with Crippen molar-refractivity contribution in [3.63, 3.8) is 0 Å². The van der Waals surface area contributed by atoms with Gasteiger partial charge in [0.1, 0.15) is 0 Å². The minimum absolute atomic E-state index is 0.00934. The van der Waals surface area contributed by atoms with E-state index in [1.807, 2.05) is 41.5 Å². The van der Waals surface area contributed by atoms with Gasteiger partial charge in [-0.25, -0.2) is 4.98 Å². The first kappa shape index (κ1) is 19.6. The number of amides is 3. The number of thiazole rings is 1. The number of carbonyl (C=O) groups excluding carboxylic acids is 3. The summed E-state index contributed by atoms with van der Waals surface area (Å²) in [4.78, 5) is 45.4. The van der Waals surface area contributed by atoms with Crippen molar-refractivity contribution in [2.24, 2.45) is 11.8 Å². The van der Waals surface area contributed by atoms with Crippen molar-refractivity contribution in [3.05, 3.63) is 41.4 Å². The van der Waals surface area contributed by atoms with E-state index < -0.39 is 0 Å². The third-order valence-electron chi connectivity index (χ3n) is 5.66. The fourth-order valence-corrected chi connectivity index (χ4v) is 4.49. The lowest BCUT2D eigenvalue weighted by molar-refractivity contribution is -0.138. The molecule has 1 unspecified atom stereocenters. The highest BCUT2D eigenvalue weighted by atomic mass is 32.1. The van der Waals surface area contributed by atoms with E-state index >= 15 is 0 Å². The summed E-state index contributed by atoms with van der Waals surface area (Å²) in [5.41, 5.74) is 1.98. The molecule has 2 aromatic rings. The standard InChI is InChI=1S/C21H24N4O3S/c1-14-2-4-17(5-3-14)25-13-16(12-18(25)26)20(28)24-9-6-15(7-10-24)19(27)23-21-22-8-11-29-21/h2-5,8,11,15-16H,6-7,9-10,12-13H2,1H3,(H,22,23,27). The van der Waals surface area contributed by atoms with Crippen LogP contribution in [0.25, 0.3) is 0 Å². The molecule has 0 aliphatic carbocycles. The molecular weight excluding hydrogens is 388 g/mol. The fourth-order valence-electron chi connectivity index (χ4n) is 3.96. The highest BCUT2D eigenvalue weighted by molar-refractivity contribution is 7.13. The molecule has 29 heavy (non-hydrogen) atoms. The van der Waals surface area contributed by atoms with Crippen molar-refractivity contribution in [1.29, 1.82) is 0 Å². The molecule has 152 valence electrons. The van der Waals surface area contributed by atoms with E-state index in [1.54, 1.807) is 11.1 Å². The molecule has 4 rings (SSSR count). The van der Waals surface area contributed by atoms with Crippen LogP contribution in [0.15, 0.2) is 35.8 Å². The molecule has 3 heterocycles. The van der Waals surface area contributed by atoms with Crippen LogP contribution in [-0.2, 0) is 14.4 Å². The lowest BCUT2D eigenvalue weighted by atomic mass is 9.94. The van der Waals surface area contributed by atoms with Crippen LogP contribution in [0.2, 0.25) is 0 Å². The molecule has 2 aliphatic heterocycles. The molecular formula is C21H24N4O3S. The Morgan fingerprint density at radius 2 is 1.86 bits per heavy atom. The average molecular weight is 413 g/mol. The van der Waals surface area contributed by atoms with Crippen molar-refractivity contribution < 1.29 is 14.4 Å². The molecule has 1 N–H and O–H groups in total. The Morgan fingerprint density at radius 1 is 1.14 bits per heavy atom. The molecule has 1 aromatic heterocycles. The van der Waals surface area contributed by atoms with E-state index in [2.05, 4.69) is 10.3 Å². The second-order valence-corrected chi connectivity index (χ2v) is 8.56. The van der Waals surface area contributed by atoms with Gasteiger partial charge in [0.25, 0.3) is 0 Å². The zero-order valence-corrected chi connectivity index (χ0v) is 17.2. The molecule has 0 bridgehead atoms. The quantitative estimate of drug-likeness (QED) is 0.837. The Kier molecular flexibility index (Phi) is 5.62. The number of rotatable bonds is 4. The molecule has 1 aromatic carbocycles. The number of piperidine rings is 1. The van der Waals surface area contributed by atoms with Crippen LogP contribution < -0.4 is 10.2 Å². The van der Waals surface area contributed by atoms with Crippen LogP contribution in [0.5, 0.6) is 0 Å². The highest BCUT2D eigenvalue weighted by Gasteiger charge is 2.38. The van der Waals surface area contributed by atoms with Gasteiger partial charge in [-0.1, -0.05) is 17.7 Å². The van der Waals surface area contributed by atoms with E-state index in [0.717, 1.165) is 11.3 Å². The molecule has 3 amide bonds. The van der Waals surface area contributed by atoms with E-state index in [0.29, 0.717) is 37.6 Å². The molecule has 2 saturated heterocycles. The minimum Gasteiger partial charge on any atom is -0.342 e. The average Bonchev–Trinajstić information content (AvgIpc) is 3.38. The van der Waals surface area contributed by atoms with Crippen LogP contribution in [0, 0.1) is 18.8 Å². The molecule has 2 fully saturated rings. The van der Waals surface area contributed by atoms with Gasteiger partial charge in [0.15, 0.2) is 5.13 Å². The Hall–Kier alpha value is -2.74. The normalized spacial score (nSPS) is 20.2. The summed E-state index contributed by atoms with van der Waals surface area (Å²) in [6, 6.07) is 7.79. The largest absolute Gasteiger partial charge is 0.342 e. The first-order valence-corrected chi connectivity index (χ1v) is 10.8. The van der Waals surface area contributed by atoms with Crippen LogP contribution in [0.1, 0.15) is 24.8 Å². The molecule has 7 nitrogen and oxygen atoms in total. The molecule has 0 radical (unpaired) electrons. The van der Waals surface area contributed by atoms with Gasteiger partial charge in [0, 0.05) is 49.2 Å². The van der Waals surface area contributed by atoms with Crippen molar-refractivity contribution in [3.8, 4) is 0 Å². The van der Waals surface area contributed by atoms with Gasteiger partial charge in [-0.15, -0.1) is 11.3 Å². The summed E-state index contributed by atoms with van der Waals surface area (Å²) in [7, 11) is 0. The van der Waals surface area contributed by atoms with Crippen LogP contribution in [0.4, 0.5) is 10.8 Å². The maximum atomic E-state index is 12.9. The maximum absolute atomic E-state index is 12.9. The topological polar surface area (TPSA) is 82.6 Å². The monoisotopic (exact) mass is 412 g/mol. The zero-order valence-electron chi connectivity index (χ0n) is 16.3. The summed E-state index contributed by atoms with van der Waals surface area (Å²) in [6.07, 6.45) is 3.16. The lowest BCUT2D eigenvalue weighted by Crippen LogP contribution is -2.44. The first-order chi connectivity index (χ1) is 14.0. The van der Waals surface area contributed by atoms with Crippen LogP contribution >= 0.6 is 11.3 Å². The second-order valence-electron chi connectivity index (χ2n) is 7.67. The first-order valence-electron chi connectivity index (χ1n) is 9.87. The van der Waals surface area contributed by atoms with E-state index in [-0.39, 0.29) is 36.0 Å². The Balaban J connectivity index is 1.31. The molecule has 8 heteroatoms. The number of benzene rings is 1. The number of aryl methyl sites for hydroxylation is 1. The van der Waals surface area contributed by atoms with Gasteiger partial charge in [-0.3, -0.25) is 14.4 Å².